The highest BCUT2D eigenvalue weighted by atomic mass is 16.2. The number of rotatable bonds is 35. The van der Waals surface area contributed by atoms with E-state index in [0.717, 1.165) is 0 Å². The fraction of sp³-hybridized carbons (Fsp3) is 0.815. The Bertz CT molecular complexity index is 1960. The summed E-state index contributed by atoms with van der Waals surface area (Å²) < 4.78 is 0. The lowest BCUT2D eigenvalue weighted by molar-refractivity contribution is -0.151. The zero-order chi connectivity index (χ0) is 60.5. The van der Waals surface area contributed by atoms with Gasteiger partial charge in [-0.25, -0.2) is 0 Å². The second-order valence-electron chi connectivity index (χ2n) is 23.3. The molecule has 0 saturated heterocycles. The van der Waals surface area contributed by atoms with Gasteiger partial charge in [0, 0.05) is 141 Å². The number of hydrogen-bond donors (Lipinski definition) is 0. The van der Waals surface area contributed by atoms with Crippen LogP contribution in [-0.2, 0) is 47.9 Å². The predicted octanol–water partition coefficient (Wildman–Crippen LogP) is 0.480. The van der Waals surface area contributed by atoms with Crippen LogP contribution in [0, 0.1) is 5.41 Å². The minimum absolute atomic E-state index is 0.0199. The highest BCUT2D eigenvalue weighted by Gasteiger charge is 2.40. The van der Waals surface area contributed by atoms with Gasteiger partial charge in [0.05, 0.1) is 32.7 Å². The topological polar surface area (TPSA) is 216 Å². The summed E-state index contributed by atoms with van der Waals surface area (Å²) in [5, 5.41) is 0. The van der Waals surface area contributed by atoms with Crippen LogP contribution in [0.5, 0.6) is 0 Å². The van der Waals surface area contributed by atoms with Crippen LogP contribution in [0.3, 0.4) is 0 Å². The fourth-order valence-electron chi connectivity index (χ4n) is 8.85. The normalized spacial score (nSPS) is 12.7. The van der Waals surface area contributed by atoms with Crippen LogP contribution >= 0.6 is 0 Å². The number of likely N-dealkylation sites (N-methyl/N-ethyl adjacent to an activating group) is 6. The molecule has 24 heteroatoms. The fourth-order valence-corrected chi connectivity index (χ4v) is 8.85. The number of nitrogens with zero attached hydrogens (tertiary/aromatic N) is 14. The van der Waals surface area contributed by atoms with E-state index >= 15 is 4.79 Å². The van der Waals surface area contributed by atoms with Crippen LogP contribution in [-0.4, -0.2) is 319 Å². The summed E-state index contributed by atoms with van der Waals surface area (Å²) in [6, 6.07) is -3.10. The molecule has 78 heavy (non-hydrogen) atoms. The standard InChI is InChI=1S/C54H104N14O10/c1-54(2,3)43(68(21)53(78)42(67(20)51(76)33-25-31-49(74)65(18)40-58(10)11)35-60(13)45(70)27-23-29-47(72)63(16)38-56(6)7)36-61(14)52(77)41(66(19)50(75)32-24-30-48(73)64(17)39-57(8)9)34-59(12)44(69)26-22-28-46(71)62(15)37-55(4)5/h41-43H,22-40H2,1-21H3. The summed E-state index contributed by atoms with van der Waals surface area (Å²) >= 11 is 0. The van der Waals surface area contributed by atoms with Gasteiger partial charge < -0.3 is 49.0 Å². The highest BCUT2D eigenvalue weighted by Crippen LogP contribution is 2.27. The van der Waals surface area contributed by atoms with Crippen molar-refractivity contribution in [2.75, 3.05) is 173 Å². The third-order valence-corrected chi connectivity index (χ3v) is 13.5. The number of carbonyl (C=O) groups excluding carboxylic acids is 10. The van der Waals surface area contributed by atoms with Crippen molar-refractivity contribution in [2.45, 2.75) is 116 Å². The van der Waals surface area contributed by atoms with E-state index in [1.165, 1.54) is 50.5 Å². The molecule has 0 radical (unpaired) electrons. The first-order valence-electron chi connectivity index (χ1n) is 27.0. The van der Waals surface area contributed by atoms with Gasteiger partial charge in [0.15, 0.2) is 0 Å². The third kappa shape index (κ3) is 26.9. The summed E-state index contributed by atoms with van der Waals surface area (Å²) in [5.74, 6) is -3.05. The number of hydrogen-bond acceptors (Lipinski definition) is 14. The first-order chi connectivity index (χ1) is 35.9. The quantitative estimate of drug-likeness (QED) is 0.0790. The molecule has 0 rings (SSSR count). The van der Waals surface area contributed by atoms with Crippen molar-refractivity contribution in [3.05, 3.63) is 0 Å². The van der Waals surface area contributed by atoms with Crippen molar-refractivity contribution >= 4 is 59.1 Å². The maximum absolute atomic E-state index is 15.1. The van der Waals surface area contributed by atoms with Gasteiger partial charge in [0.2, 0.25) is 59.1 Å². The van der Waals surface area contributed by atoms with E-state index in [1.807, 2.05) is 96.8 Å². The molecule has 0 heterocycles. The smallest absolute Gasteiger partial charge is 0.247 e. The molecule has 0 aliphatic heterocycles. The van der Waals surface area contributed by atoms with E-state index in [0.29, 0.717) is 26.7 Å². The molecule has 0 saturated carbocycles. The van der Waals surface area contributed by atoms with E-state index < -0.39 is 47.2 Å². The minimum Gasteiger partial charge on any atom is -0.343 e. The van der Waals surface area contributed by atoms with E-state index in [9.17, 15) is 43.2 Å². The van der Waals surface area contributed by atoms with Gasteiger partial charge in [-0.2, -0.15) is 0 Å². The molecule has 24 nitrogen and oxygen atoms in total. The Morgan fingerprint density at radius 1 is 0.282 bits per heavy atom. The van der Waals surface area contributed by atoms with Crippen LogP contribution in [0.15, 0.2) is 0 Å². The number of carbonyl (C=O) groups is 10. The van der Waals surface area contributed by atoms with Gasteiger partial charge in [-0.15, -0.1) is 0 Å². The second-order valence-corrected chi connectivity index (χ2v) is 23.3. The predicted molar refractivity (Wildman–Crippen MR) is 303 cm³/mol. The van der Waals surface area contributed by atoms with Gasteiger partial charge in [0.25, 0.3) is 0 Å². The summed E-state index contributed by atoms with van der Waals surface area (Å²) in [4.78, 5) is 158. The monoisotopic (exact) mass is 1110 g/mol. The Morgan fingerprint density at radius 2 is 0.513 bits per heavy atom. The Labute approximate surface area is 468 Å². The van der Waals surface area contributed by atoms with E-state index in [2.05, 4.69) is 0 Å². The van der Waals surface area contributed by atoms with Crippen LogP contribution in [0.25, 0.3) is 0 Å². The van der Waals surface area contributed by atoms with Crippen LogP contribution in [0.4, 0.5) is 0 Å². The van der Waals surface area contributed by atoms with Crippen molar-refractivity contribution in [2.24, 2.45) is 5.41 Å². The lowest BCUT2D eigenvalue weighted by Gasteiger charge is -2.43. The van der Waals surface area contributed by atoms with Crippen LogP contribution in [0.2, 0.25) is 0 Å². The molecular weight excluding hydrogens is 1000 g/mol. The molecule has 0 N–H and O–H groups in total. The van der Waals surface area contributed by atoms with Gasteiger partial charge >= 0.3 is 0 Å². The average molecular weight is 1110 g/mol. The SMILES string of the molecule is CN(C)CN(C)C(=O)CCCC(=O)N(C)CC(C(=O)N(C)CC(N(C)C(=O)C(CN(C)C(=O)CCCC(=O)N(C)CN(C)C)N(C)C(=O)CCCC(=O)N(C)CN(C)C)C(C)(C)C)N(C)C(=O)CCCC(=O)N(C)CN(C)C. The minimum atomic E-state index is -1.20. The maximum atomic E-state index is 15.1. The average Bonchev–Trinajstić information content (AvgIpc) is 3.33. The molecule has 0 aliphatic carbocycles. The van der Waals surface area contributed by atoms with Gasteiger partial charge in [0.1, 0.15) is 12.1 Å². The summed E-state index contributed by atoms with van der Waals surface area (Å²) in [5.41, 5.74) is -0.701. The Morgan fingerprint density at radius 3 is 0.756 bits per heavy atom. The highest BCUT2D eigenvalue weighted by molar-refractivity contribution is 5.90. The van der Waals surface area contributed by atoms with E-state index in [-0.39, 0.29) is 132 Å². The molecule has 0 aromatic heterocycles. The molecule has 450 valence electrons. The molecule has 3 atom stereocenters. The van der Waals surface area contributed by atoms with Crippen LogP contribution in [0.1, 0.15) is 97.8 Å². The van der Waals surface area contributed by atoms with Crippen LogP contribution < -0.4 is 0 Å². The van der Waals surface area contributed by atoms with Gasteiger partial charge in [-0.3, -0.25) is 67.5 Å². The summed E-state index contributed by atoms with van der Waals surface area (Å²) in [7, 11) is 30.7. The molecular formula is C54H104N14O10. The van der Waals surface area contributed by atoms with Crippen molar-refractivity contribution in [3.63, 3.8) is 0 Å². The summed E-state index contributed by atoms with van der Waals surface area (Å²) in [6.45, 7) is 6.92. The van der Waals surface area contributed by atoms with E-state index in [4.69, 9.17) is 0 Å². The summed E-state index contributed by atoms with van der Waals surface area (Å²) in [6.07, 6.45) is 1.42. The molecule has 0 bridgehead atoms. The number of amides is 10. The molecule has 0 aromatic rings. The Balaban J connectivity index is 6.93. The zero-order valence-electron chi connectivity index (χ0n) is 52.0. The third-order valence-electron chi connectivity index (χ3n) is 13.5. The lowest BCUT2D eigenvalue weighted by atomic mass is 9.85. The molecule has 0 aromatic carbocycles. The molecule has 3 unspecified atom stereocenters. The first-order valence-corrected chi connectivity index (χ1v) is 27.0. The Hall–Kier alpha value is -5.46. The molecule has 0 fully saturated rings. The van der Waals surface area contributed by atoms with Gasteiger partial charge in [-0.1, -0.05) is 20.8 Å². The Kier molecular flexibility index (Phi) is 32.8. The lowest BCUT2D eigenvalue weighted by Crippen LogP contribution is -2.60. The van der Waals surface area contributed by atoms with Crippen molar-refractivity contribution in [1.82, 2.24) is 68.6 Å². The largest absolute Gasteiger partial charge is 0.343 e. The molecule has 0 spiro atoms. The maximum Gasteiger partial charge on any atom is 0.247 e. The molecule has 10 amide bonds. The van der Waals surface area contributed by atoms with E-state index in [1.54, 1.807) is 68.9 Å². The molecule has 0 aliphatic rings. The van der Waals surface area contributed by atoms with Crippen molar-refractivity contribution in [3.8, 4) is 0 Å². The zero-order valence-corrected chi connectivity index (χ0v) is 52.0. The first kappa shape index (κ1) is 72.5. The van der Waals surface area contributed by atoms with Gasteiger partial charge in [-0.05, 0) is 87.5 Å². The van der Waals surface area contributed by atoms with Crippen molar-refractivity contribution < 1.29 is 47.9 Å². The van der Waals surface area contributed by atoms with Crippen molar-refractivity contribution in [1.29, 1.82) is 0 Å². The second kappa shape index (κ2) is 35.2.